The van der Waals surface area contributed by atoms with E-state index in [-0.39, 0.29) is 17.6 Å². The van der Waals surface area contributed by atoms with Gasteiger partial charge in [-0.1, -0.05) is 48.0 Å². The first-order valence-corrected chi connectivity index (χ1v) is 13.1. The van der Waals surface area contributed by atoms with Gasteiger partial charge in [-0.3, -0.25) is 4.79 Å². The van der Waals surface area contributed by atoms with Crippen molar-refractivity contribution in [2.45, 2.75) is 51.0 Å². The van der Waals surface area contributed by atoms with Crippen molar-refractivity contribution in [3.8, 4) is 23.0 Å². The third kappa shape index (κ3) is 3.91. The minimum absolute atomic E-state index is 0.0153. The molecule has 0 bridgehead atoms. The summed E-state index contributed by atoms with van der Waals surface area (Å²) in [6, 6.07) is 17.1. The molecule has 0 aliphatic carbocycles. The summed E-state index contributed by atoms with van der Waals surface area (Å²) in [5, 5.41) is 10.2. The van der Waals surface area contributed by atoms with Crippen LogP contribution < -0.4 is 9.47 Å². The van der Waals surface area contributed by atoms with E-state index < -0.39 is 21.3 Å². The second kappa shape index (κ2) is 8.62. The maximum Gasteiger partial charge on any atom is 0.340 e. The van der Waals surface area contributed by atoms with Gasteiger partial charge < -0.3 is 19.3 Å². The minimum Gasteiger partial charge on any atom is -0.508 e. The third-order valence-electron chi connectivity index (χ3n) is 7.46. The van der Waals surface area contributed by atoms with Crippen molar-refractivity contribution in [1.29, 1.82) is 0 Å². The Balaban J connectivity index is 1.61. The van der Waals surface area contributed by atoms with E-state index in [2.05, 4.69) is 29.8 Å². The predicted octanol–water partition coefficient (Wildman–Crippen LogP) is 7.09. The lowest BCUT2D eigenvalue weighted by Crippen LogP contribution is -2.46. The number of carbonyl (C=O) groups is 2. The quantitative estimate of drug-likeness (QED) is 0.202. The Bertz CT molecular complexity index is 1420. The molecule has 0 radical (unpaired) electrons. The summed E-state index contributed by atoms with van der Waals surface area (Å²) in [7, 11) is 0. The van der Waals surface area contributed by atoms with Gasteiger partial charge in [0.25, 0.3) is 0 Å². The van der Waals surface area contributed by atoms with Crippen LogP contribution in [0, 0.1) is 11.3 Å². The number of carbonyl (C=O) groups excluding carboxylic acids is 2. The van der Waals surface area contributed by atoms with Crippen molar-refractivity contribution in [2.75, 3.05) is 0 Å². The molecular formula is C30H29BrO6. The van der Waals surface area contributed by atoms with E-state index in [1.807, 2.05) is 32.9 Å². The summed E-state index contributed by atoms with van der Waals surface area (Å²) in [6.45, 7) is 9.98. The molecule has 0 saturated heterocycles. The fraction of sp³-hybridized carbons (Fsp3) is 0.333. The van der Waals surface area contributed by atoms with Crippen molar-refractivity contribution in [1.82, 2.24) is 0 Å². The third-order valence-corrected chi connectivity index (χ3v) is 8.33. The molecule has 1 spiro atoms. The molecule has 5 rings (SSSR count). The van der Waals surface area contributed by atoms with Gasteiger partial charge in [-0.2, -0.15) is 0 Å². The van der Waals surface area contributed by atoms with Crippen molar-refractivity contribution in [2.24, 2.45) is 11.3 Å². The second-order valence-corrected chi connectivity index (χ2v) is 12.8. The number of aromatic hydroxyl groups is 1. The van der Waals surface area contributed by atoms with E-state index in [0.717, 1.165) is 0 Å². The number of hydrogen-bond acceptors (Lipinski definition) is 6. The van der Waals surface area contributed by atoms with E-state index in [1.54, 1.807) is 36.4 Å². The molecule has 2 heterocycles. The van der Waals surface area contributed by atoms with Gasteiger partial charge in [0.2, 0.25) is 0 Å². The number of ether oxygens (including phenoxy) is 3. The van der Waals surface area contributed by atoms with E-state index >= 15 is 0 Å². The monoisotopic (exact) mass is 564 g/mol. The van der Waals surface area contributed by atoms with Gasteiger partial charge in [0.15, 0.2) is 5.60 Å². The van der Waals surface area contributed by atoms with Crippen molar-refractivity contribution < 1.29 is 28.9 Å². The van der Waals surface area contributed by atoms with Crippen LogP contribution in [-0.2, 0) is 15.1 Å². The van der Waals surface area contributed by atoms with Gasteiger partial charge >= 0.3 is 11.9 Å². The van der Waals surface area contributed by atoms with Crippen molar-refractivity contribution in [3.05, 3.63) is 82.9 Å². The molecule has 3 aromatic rings. The molecule has 3 aromatic carbocycles. The number of alkyl halides is 1. The van der Waals surface area contributed by atoms with Crippen LogP contribution in [0.2, 0.25) is 0 Å². The first-order valence-electron chi connectivity index (χ1n) is 12.3. The number of phenols is 1. The Morgan fingerprint density at radius 2 is 1.65 bits per heavy atom. The molecule has 6 nitrogen and oxygen atoms in total. The molecule has 0 fully saturated rings. The van der Waals surface area contributed by atoms with Gasteiger partial charge in [0.1, 0.15) is 23.0 Å². The van der Waals surface area contributed by atoms with Crippen molar-refractivity contribution >= 4 is 27.9 Å². The topological polar surface area (TPSA) is 82.1 Å². The summed E-state index contributed by atoms with van der Waals surface area (Å²) in [6.07, 6.45) is 0.633. The number of halogens is 1. The van der Waals surface area contributed by atoms with E-state index in [4.69, 9.17) is 14.2 Å². The van der Waals surface area contributed by atoms with E-state index in [0.29, 0.717) is 45.9 Å². The Morgan fingerprint density at radius 3 is 2.32 bits per heavy atom. The van der Waals surface area contributed by atoms with Gasteiger partial charge in [0, 0.05) is 33.1 Å². The summed E-state index contributed by atoms with van der Waals surface area (Å²) in [5.74, 6) is 0.533. The SMILES string of the molecule is CC(C)CC(C)(C(=O)Oc1ccc2c(c1)Oc1cc(O)ccc1C21OC(=O)c2ccccc21)C(C)(C)Br. The Labute approximate surface area is 224 Å². The summed E-state index contributed by atoms with van der Waals surface area (Å²) >= 11 is 3.69. The number of hydrogen-bond donors (Lipinski definition) is 1. The standard InChI is InChI=1S/C30H29BrO6/c1-17(2)16-29(5,28(3,4)31)27(34)35-19-11-13-23-25(15-19)36-24-14-18(32)10-12-22(24)30(23)21-9-7-6-8-20(21)26(33)37-30/h6-15,17,32H,16H2,1-5H3. The summed E-state index contributed by atoms with van der Waals surface area (Å²) in [4.78, 5) is 26.4. The highest BCUT2D eigenvalue weighted by Crippen LogP contribution is 2.57. The molecule has 37 heavy (non-hydrogen) atoms. The lowest BCUT2D eigenvalue weighted by Gasteiger charge is -2.39. The lowest BCUT2D eigenvalue weighted by molar-refractivity contribution is -0.147. The molecule has 7 heteroatoms. The summed E-state index contributed by atoms with van der Waals surface area (Å²) in [5.41, 5.74) is 0.315. The Morgan fingerprint density at radius 1 is 1.00 bits per heavy atom. The maximum atomic E-state index is 13.5. The number of phenolic OH excluding ortho intramolecular Hbond substituents is 1. The number of esters is 2. The fourth-order valence-corrected chi connectivity index (χ4v) is 5.64. The number of fused-ring (bicyclic) bond motifs is 6. The second-order valence-electron chi connectivity index (χ2n) is 10.8. The fourth-order valence-electron chi connectivity index (χ4n) is 5.31. The predicted molar refractivity (Wildman–Crippen MR) is 143 cm³/mol. The van der Waals surface area contributed by atoms with E-state index in [9.17, 15) is 14.7 Å². The van der Waals surface area contributed by atoms with Crippen LogP contribution in [0.3, 0.4) is 0 Å². The zero-order valence-corrected chi connectivity index (χ0v) is 23.0. The molecule has 0 saturated carbocycles. The number of rotatable bonds is 5. The average Bonchev–Trinajstić information content (AvgIpc) is 3.10. The molecule has 0 amide bonds. The smallest absolute Gasteiger partial charge is 0.340 e. The van der Waals surface area contributed by atoms with Crippen molar-refractivity contribution in [3.63, 3.8) is 0 Å². The van der Waals surface area contributed by atoms with Gasteiger partial charge in [-0.05, 0) is 63.4 Å². The lowest BCUT2D eigenvalue weighted by atomic mass is 9.73. The normalized spacial score (nSPS) is 19.4. The zero-order chi connectivity index (χ0) is 26.8. The molecular weight excluding hydrogens is 536 g/mol. The van der Waals surface area contributed by atoms with Crippen LogP contribution in [0.5, 0.6) is 23.0 Å². The van der Waals surface area contributed by atoms with Gasteiger partial charge in [-0.25, -0.2) is 4.79 Å². The van der Waals surface area contributed by atoms with Crippen LogP contribution >= 0.6 is 15.9 Å². The Kier molecular flexibility index (Phi) is 5.90. The molecule has 1 N–H and O–H groups in total. The first kappa shape index (κ1) is 25.3. The van der Waals surface area contributed by atoms with Gasteiger partial charge in [0.05, 0.1) is 11.0 Å². The first-order chi connectivity index (χ1) is 17.4. The van der Waals surface area contributed by atoms with Crippen LogP contribution in [0.1, 0.15) is 68.1 Å². The largest absolute Gasteiger partial charge is 0.508 e. The number of benzene rings is 3. The van der Waals surface area contributed by atoms with Gasteiger partial charge in [-0.15, -0.1) is 0 Å². The highest BCUT2D eigenvalue weighted by molar-refractivity contribution is 9.10. The maximum absolute atomic E-state index is 13.5. The van der Waals surface area contributed by atoms with Crippen LogP contribution in [0.25, 0.3) is 0 Å². The van der Waals surface area contributed by atoms with E-state index in [1.165, 1.54) is 12.1 Å². The highest BCUT2D eigenvalue weighted by atomic mass is 79.9. The molecule has 2 atom stereocenters. The molecule has 192 valence electrons. The summed E-state index contributed by atoms with van der Waals surface area (Å²) < 4.78 is 17.7. The van der Waals surface area contributed by atoms with Crippen LogP contribution in [-0.4, -0.2) is 21.4 Å². The zero-order valence-electron chi connectivity index (χ0n) is 21.4. The average molecular weight is 565 g/mol. The molecule has 0 aromatic heterocycles. The highest BCUT2D eigenvalue weighted by Gasteiger charge is 2.54. The molecule has 2 aliphatic heterocycles. The minimum atomic E-state index is -1.25. The van der Waals surface area contributed by atoms with Crippen LogP contribution in [0.15, 0.2) is 60.7 Å². The molecule has 2 aliphatic rings. The van der Waals surface area contributed by atoms with Crippen LogP contribution in [0.4, 0.5) is 0 Å². The molecule has 2 unspecified atom stereocenters. The Hall–Kier alpha value is -3.32.